The number of thiophene rings is 1. The fourth-order valence-corrected chi connectivity index (χ4v) is 3.25. The van der Waals surface area contributed by atoms with Crippen molar-refractivity contribution in [2.75, 3.05) is 0 Å². The third-order valence-electron chi connectivity index (χ3n) is 3.66. The fourth-order valence-electron chi connectivity index (χ4n) is 2.25. The van der Waals surface area contributed by atoms with E-state index in [0.717, 1.165) is 12.8 Å². The molecule has 1 aliphatic rings. The molecule has 1 aromatic rings. The summed E-state index contributed by atoms with van der Waals surface area (Å²) < 4.78 is 0. The second kappa shape index (κ2) is 3.10. The van der Waals surface area contributed by atoms with Crippen LogP contribution in [0, 0.1) is 5.41 Å². The average molecular weight is 196 g/mol. The zero-order valence-electron chi connectivity index (χ0n) is 8.16. The summed E-state index contributed by atoms with van der Waals surface area (Å²) in [6, 6.07) is 4.29. The molecule has 0 bridgehead atoms. The summed E-state index contributed by atoms with van der Waals surface area (Å²) in [4.78, 5) is 1.44. The lowest BCUT2D eigenvalue weighted by Crippen LogP contribution is -2.48. The molecule has 2 heteroatoms. The zero-order chi connectivity index (χ0) is 9.47. The van der Waals surface area contributed by atoms with Gasteiger partial charge in [-0.15, -0.1) is 11.3 Å². The summed E-state index contributed by atoms with van der Waals surface area (Å²) in [6.45, 7) is 4.37. The van der Waals surface area contributed by atoms with Crippen LogP contribution in [-0.4, -0.2) is 11.2 Å². The van der Waals surface area contributed by atoms with Crippen LogP contribution in [0.15, 0.2) is 17.5 Å². The molecule has 1 aromatic heterocycles. The van der Waals surface area contributed by atoms with Crippen molar-refractivity contribution >= 4 is 11.3 Å². The lowest BCUT2D eigenvalue weighted by Gasteiger charge is -2.51. The molecule has 0 amide bonds. The summed E-state index contributed by atoms with van der Waals surface area (Å²) in [5, 5.41) is 11.9. The third kappa shape index (κ3) is 1.24. The van der Waals surface area contributed by atoms with Crippen molar-refractivity contribution in [3.8, 4) is 0 Å². The Hall–Kier alpha value is -0.340. The third-order valence-corrected chi connectivity index (χ3v) is 4.65. The number of rotatable bonds is 2. The highest BCUT2D eigenvalue weighted by Gasteiger charge is 2.50. The van der Waals surface area contributed by atoms with Crippen LogP contribution in [0.2, 0.25) is 0 Å². The van der Waals surface area contributed by atoms with E-state index in [9.17, 15) is 5.11 Å². The molecule has 13 heavy (non-hydrogen) atoms. The van der Waals surface area contributed by atoms with Gasteiger partial charge >= 0.3 is 0 Å². The smallest absolute Gasteiger partial charge is 0.0606 e. The maximum absolute atomic E-state index is 9.74. The highest BCUT2D eigenvalue weighted by atomic mass is 32.1. The Kier molecular flexibility index (Phi) is 2.20. The van der Waals surface area contributed by atoms with Crippen molar-refractivity contribution in [1.29, 1.82) is 0 Å². The molecular formula is C11H16OS. The normalized spacial score (nSPS) is 38.7. The maximum atomic E-state index is 9.74. The molecule has 1 heterocycles. The Balaban J connectivity index is 2.20. The van der Waals surface area contributed by atoms with Crippen LogP contribution in [0.5, 0.6) is 0 Å². The summed E-state index contributed by atoms with van der Waals surface area (Å²) in [7, 11) is 0. The lowest BCUT2D eigenvalue weighted by atomic mass is 9.57. The molecule has 1 nitrogen and oxygen atoms in total. The van der Waals surface area contributed by atoms with Crippen LogP contribution in [0.1, 0.15) is 37.5 Å². The summed E-state index contributed by atoms with van der Waals surface area (Å²) in [5.41, 5.74) is 0.130. The molecule has 0 saturated heterocycles. The van der Waals surface area contributed by atoms with E-state index in [2.05, 4.69) is 31.4 Å². The van der Waals surface area contributed by atoms with E-state index in [4.69, 9.17) is 0 Å². The van der Waals surface area contributed by atoms with Gasteiger partial charge in [0.25, 0.3) is 0 Å². The highest BCUT2D eigenvalue weighted by molar-refractivity contribution is 7.10. The minimum Gasteiger partial charge on any atom is -0.393 e. The molecule has 2 rings (SSSR count). The Morgan fingerprint density at radius 2 is 2.46 bits per heavy atom. The van der Waals surface area contributed by atoms with Crippen molar-refractivity contribution in [1.82, 2.24) is 0 Å². The summed E-state index contributed by atoms with van der Waals surface area (Å²) >= 11 is 1.82. The topological polar surface area (TPSA) is 20.2 Å². The van der Waals surface area contributed by atoms with Gasteiger partial charge in [0.2, 0.25) is 0 Å². The molecule has 3 unspecified atom stereocenters. The van der Waals surface area contributed by atoms with E-state index in [1.165, 1.54) is 4.88 Å². The van der Waals surface area contributed by atoms with E-state index < -0.39 is 0 Å². The van der Waals surface area contributed by atoms with E-state index in [1.807, 2.05) is 11.3 Å². The van der Waals surface area contributed by atoms with Gasteiger partial charge in [-0.2, -0.15) is 0 Å². The Morgan fingerprint density at radius 3 is 2.92 bits per heavy atom. The molecule has 0 radical (unpaired) electrons. The van der Waals surface area contributed by atoms with E-state index in [-0.39, 0.29) is 11.5 Å². The molecule has 1 aliphatic carbocycles. The predicted octanol–water partition coefficient (Wildman–Crippen LogP) is 3.01. The van der Waals surface area contributed by atoms with Crippen LogP contribution in [0.4, 0.5) is 0 Å². The quantitative estimate of drug-likeness (QED) is 0.771. The first-order chi connectivity index (χ1) is 6.18. The number of hydrogen-bond acceptors (Lipinski definition) is 2. The van der Waals surface area contributed by atoms with Crippen molar-refractivity contribution in [2.45, 2.75) is 38.7 Å². The molecule has 1 N–H and O–H groups in total. The summed E-state index contributed by atoms with van der Waals surface area (Å²) in [6.07, 6.45) is 1.92. The fraction of sp³-hybridized carbons (Fsp3) is 0.636. The standard InChI is InChI=1S/C11H16OS/c1-3-11(2)8(7-10(11)12)9-5-4-6-13-9/h4-6,8,10,12H,3,7H2,1-2H3. The SMILES string of the molecule is CCC1(C)C(O)CC1c1cccs1. The minimum absolute atomic E-state index is 0.0930. The van der Waals surface area contributed by atoms with Crippen LogP contribution >= 0.6 is 11.3 Å². The second-order valence-corrected chi connectivity index (χ2v) is 5.16. The van der Waals surface area contributed by atoms with Crippen molar-refractivity contribution in [3.63, 3.8) is 0 Å². The second-order valence-electron chi connectivity index (χ2n) is 4.18. The van der Waals surface area contributed by atoms with Crippen molar-refractivity contribution < 1.29 is 5.11 Å². The lowest BCUT2D eigenvalue weighted by molar-refractivity contribution is -0.0766. The van der Waals surface area contributed by atoms with Gasteiger partial charge in [0.15, 0.2) is 0 Å². The van der Waals surface area contributed by atoms with E-state index in [1.54, 1.807) is 0 Å². The first-order valence-corrected chi connectivity index (χ1v) is 5.78. The maximum Gasteiger partial charge on any atom is 0.0606 e. The van der Waals surface area contributed by atoms with Crippen molar-refractivity contribution in [2.24, 2.45) is 5.41 Å². The summed E-state index contributed by atoms with van der Waals surface area (Å²) in [5.74, 6) is 0.590. The van der Waals surface area contributed by atoms with E-state index in [0.29, 0.717) is 5.92 Å². The molecule has 1 saturated carbocycles. The first-order valence-electron chi connectivity index (χ1n) is 4.90. The average Bonchev–Trinajstić information content (AvgIpc) is 2.65. The highest BCUT2D eigenvalue weighted by Crippen LogP contribution is 2.55. The van der Waals surface area contributed by atoms with Crippen LogP contribution in [-0.2, 0) is 0 Å². The van der Waals surface area contributed by atoms with Gasteiger partial charge in [-0.25, -0.2) is 0 Å². The largest absolute Gasteiger partial charge is 0.393 e. The van der Waals surface area contributed by atoms with Gasteiger partial charge in [0.05, 0.1) is 6.10 Å². The molecule has 0 aromatic carbocycles. The van der Waals surface area contributed by atoms with Gasteiger partial charge in [0, 0.05) is 16.2 Å². The van der Waals surface area contributed by atoms with Crippen LogP contribution in [0.25, 0.3) is 0 Å². The van der Waals surface area contributed by atoms with Gasteiger partial charge < -0.3 is 5.11 Å². The number of hydrogen-bond donors (Lipinski definition) is 1. The number of aliphatic hydroxyl groups is 1. The molecule has 0 aliphatic heterocycles. The first kappa shape index (κ1) is 9.22. The Morgan fingerprint density at radius 1 is 1.69 bits per heavy atom. The van der Waals surface area contributed by atoms with Gasteiger partial charge in [0.1, 0.15) is 0 Å². The molecule has 72 valence electrons. The monoisotopic (exact) mass is 196 g/mol. The Labute approximate surface area is 83.4 Å². The minimum atomic E-state index is -0.0930. The number of aliphatic hydroxyl groups excluding tert-OH is 1. The van der Waals surface area contributed by atoms with Crippen LogP contribution in [0.3, 0.4) is 0 Å². The molecule has 1 fully saturated rings. The van der Waals surface area contributed by atoms with Crippen molar-refractivity contribution in [3.05, 3.63) is 22.4 Å². The molecular weight excluding hydrogens is 180 g/mol. The Bertz CT molecular complexity index is 280. The molecule has 0 spiro atoms. The van der Waals surface area contributed by atoms with Gasteiger partial charge in [-0.05, 0) is 24.3 Å². The van der Waals surface area contributed by atoms with E-state index >= 15 is 0 Å². The predicted molar refractivity (Wildman–Crippen MR) is 56.1 cm³/mol. The van der Waals surface area contributed by atoms with Gasteiger partial charge in [-0.3, -0.25) is 0 Å². The zero-order valence-corrected chi connectivity index (χ0v) is 8.97. The molecule has 3 atom stereocenters. The van der Waals surface area contributed by atoms with Crippen LogP contribution < -0.4 is 0 Å². The van der Waals surface area contributed by atoms with Gasteiger partial charge in [-0.1, -0.05) is 19.9 Å².